The first-order chi connectivity index (χ1) is 6.48. The standard InChI is InChI=1S/C10H22N2O2/c1-10(2,3)9(13)12-6-5-11-7-8-14-4/h11H,5-8H2,1-4H3,(H,12,13). The van der Waals surface area contributed by atoms with E-state index in [2.05, 4.69) is 10.6 Å². The molecule has 0 radical (unpaired) electrons. The molecule has 0 heterocycles. The van der Waals surface area contributed by atoms with Crippen LogP contribution in [-0.4, -0.2) is 39.3 Å². The topological polar surface area (TPSA) is 50.4 Å². The lowest BCUT2D eigenvalue weighted by Crippen LogP contribution is -2.39. The predicted octanol–water partition coefficient (Wildman–Crippen LogP) is 0.385. The third-order valence-electron chi connectivity index (χ3n) is 1.75. The fourth-order valence-electron chi connectivity index (χ4n) is 0.829. The number of methoxy groups -OCH3 is 1. The summed E-state index contributed by atoms with van der Waals surface area (Å²) in [5, 5.41) is 6.01. The van der Waals surface area contributed by atoms with Gasteiger partial charge in [-0.3, -0.25) is 4.79 Å². The average molecular weight is 202 g/mol. The maximum absolute atomic E-state index is 11.4. The van der Waals surface area contributed by atoms with Gasteiger partial charge in [0.2, 0.25) is 5.91 Å². The second-order valence-electron chi connectivity index (χ2n) is 4.25. The Balaban J connectivity index is 3.33. The van der Waals surface area contributed by atoms with Crippen molar-refractivity contribution in [2.24, 2.45) is 5.41 Å². The van der Waals surface area contributed by atoms with Crippen LogP contribution in [0.25, 0.3) is 0 Å². The molecule has 0 aromatic carbocycles. The van der Waals surface area contributed by atoms with Crippen LogP contribution in [0.1, 0.15) is 20.8 Å². The van der Waals surface area contributed by atoms with Crippen molar-refractivity contribution in [2.45, 2.75) is 20.8 Å². The Bertz CT molecular complexity index is 164. The minimum atomic E-state index is -0.299. The van der Waals surface area contributed by atoms with Gasteiger partial charge in [-0.1, -0.05) is 20.8 Å². The summed E-state index contributed by atoms with van der Waals surface area (Å²) >= 11 is 0. The molecular weight excluding hydrogens is 180 g/mol. The highest BCUT2D eigenvalue weighted by molar-refractivity contribution is 5.81. The van der Waals surface area contributed by atoms with E-state index in [1.807, 2.05) is 20.8 Å². The molecule has 4 heteroatoms. The summed E-state index contributed by atoms with van der Waals surface area (Å²) in [6.45, 7) is 8.68. The second kappa shape index (κ2) is 6.79. The Morgan fingerprint density at radius 3 is 2.36 bits per heavy atom. The highest BCUT2D eigenvalue weighted by Gasteiger charge is 2.19. The number of carbonyl (C=O) groups is 1. The van der Waals surface area contributed by atoms with Gasteiger partial charge in [0.15, 0.2) is 0 Å². The highest BCUT2D eigenvalue weighted by Crippen LogP contribution is 2.11. The van der Waals surface area contributed by atoms with Crippen LogP contribution in [0.15, 0.2) is 0 Å². The van der Waals surface area contributed by atoms with Gasteiger partial charge in [-0.25, -0.2) is 0 Å². The van der Waals surface area contributed by atoms with Crippen molar-refractivity contribution in [2.75, 3.05) is 33.4 Å². The molecule has 0 aromatic heterocycles. The van der Waals surface area contributed by atoms with Crippen LogP contribution in [0.4, 0.5) is 0 Å². The molecule has 0 rings (SSSR count). The molecule has 0 bridgehead atoms. The minimum absolute atomic E-state index is 0.0889. The first-order valence-corrected chi connectivity index (χ1v) is 4.96. The summed E-state index contributed by atoms with van der Waals surface area (Å²) < 4.78 is 4.87. The van der Waals surface area contributed by atoms with Gasteiger partial charge in [-0.2, -0.15) is 0 Å². The molecule has 84 valence electrons. The summed E-state index contributed by atoms with van der Waals surface area (Å²) in [4.78, 5) is 11.4. The van der Waals surface area contributed by atoms with E-state index >= 15 is 0 Å². The Labute approximate surface area is 86.4 Å². The largest absolute Gasteiger partial charge is 0.383 e. The van der Waals surface area contributed by atoms with E-state index < -0.39 is 0 Å². The average Bonchev–Trinajstić information content (AvgIpc) is 2.09. The molecule has 0 saturated heterocycles. The molecule has 0 unspecified atom stereocenters. The van der Waals surface area contributed by atoms with E-state index in [0.717, 1.165) is 13.1 Å². The summed E-state index contributed by atoms with van der Waals surface area (Å²) in [6, 6.07) is 0. The molecule has 0 aliphatic carbocycles. The number of hydrogen-bond donors (Lipinski definition) is 2. The van der Waals surface area contributed by atoms with Crippen molar-refractivity contribution in [3.63, 3.8) is 0 Å². The minimum Gasteiger partial charge on any atom is -0.383 e. The maximum atomic E-state index is 11.4. The Kier molecular flexibility index (Phi) is 6.49. The van der Waals surface area contributed by atoms with Crippen LogP contribution in [0, 0.1) is 5.41 Å². The van der Waals surface area contributed by atoms with Crippen LogP contribution < -0.4 is 10.6 Å². The predicted molar refractivity (Wildman–Crippen MR) is 57.2 cm³/mol. The molecule has 0 aliphatic heterocycles. The van der Waals surface area contributed by atoms with Crippen LogP contribution in [0.2, 0.25) is 0 Å². The van der Waals surface area contributed by atoms with Crippen LogP contribution in [0.5, 0.6) is 0 Å². The molecule has 0 atom stereocenters. The molecule has 4 nitrogen and oxygen atoms in total. The van der Waals surface area contributed by atoms with Gasteiger partial charge in [0, 0.05) is 32.2 Å². The first-order valence-electron chi connectivity index (χ1n) is 4.96. The molecule has 0 aromatic rings. The lowest BCUT2D eigenvalue weighted by molar-refractivity contribution is -0.128. The van der Waals surface area contributed by atoms with Crippen molar-refractivity contribution in [1.29, 1.82) is 0 Å². The fourth-order valence-corrected chi connectivity index (χ4v) is 0.829. The van der Waals surface area contributed by atoms with E-state index in [9.17, 15) is 4.79 Å². The van der Waals surface area contributed by atoms with Crippen molar-refractivity contribution >= 4 is 5.91 Å². The van der Waals surface area contributed by atoms with Crippen LogP contribution >= 0.6 is 0 Å². The van der Waals surface area contributed by atoms with Crippen molar-refractivity contribution in [3.05, 3.63) is 0 Å². The zero-order valence-electron chi connectivity index (χ0n) is 9.64. The van der Waals surface area contributed by atoms with Crippen LogP contribution in [-0.2, 0) is 9.53 Å². The number of hydrogen-bond acceptors (Lipinski definition) is 3. The lowest BCUT2D eigenvalue weighted by Gasteiger charge is -2.17. The maximum Gasteiger partial charge on any atom is 0.225 e. The summed E-state index contributed by atoms with van der Waals surface area (Å²) in [7, 11) is 1.67. The molecule has 0 aliphatic rings. The zero-order chi connectivity index (χ0) is 11.0. The number of amides is 1. The van der Waals surface area contributed by atoms with E-state index in [1.54, 1.807) is 7.11 Å². The fraction of sp³-hybridized carbons (Fsp3) is 0.900. The van der Waals surface area contributed by atoms with Crippen molar-refractivity contribution in [1.82, 2.24) is 10.6 Å². The molecule has 1 amide bonds. The zero-order valence-corrected chi connectivity index (χ0v) is 9.64. The Morgan fingerprint density at radius 1 is 1.21 bits per heavy atom. The number of carbonyl (C=O) groups excluding carboxylic acids is 1. The molecule has 0 spiro atoms. The third kappa shape index (κ3) is 6.86. The van der Waals surface area contributed by atoms with E-state index in [1.165, 1.54) is 0 Å². The molecule has 14 heavy (non-hydrogen) atoms. The highest BCUT2D eigenvalue weighted by atomic mass is 16.5. The van der Waals surface area contributed by atoms with E-state index in [-0.39, 0.29) is 11.3 Å². The van der Waals surface area contributed by atoms with Gasteiger partial charge in [-0.05, 0) is 0 Å². The van der Waals surface area contributed by atoms with Crippen LogP contribution in [0.3, 0.4) is 0 Å². The molecule has 2 N–H and O–H groups in total. The van der Waals surface area contributed by atoms with Gasteiger partial charge < -0.3 is 15.4 Å². The number of rotatable bonds is 6. The van der Waals surface area contributed by atoms with Gasteiger partial charge in [-0.15, -0.1) is 0 Å². The molecule has 0 saturated carbocycles. The summed E-state index contributed by atoms with van der Waals surface area (Å²) in [5.74, 6) is 0.0889. The van der Waals surface area contributed by atoms with Crippen molar-refractivity contribution < 1.29 is 9.53 Å². The Morgan fingerprint density at radius 2 is 1.86 bits per heavy atom. The monoisotopic (exact) mass is 202 g/mol. The van der Waals surface area contributed by atoms with E-state index in [0.29, 0.717) is 13.2 Å². The van der Waals surface area contributed by atoms with Gasteiger partial charge in [0.1, 0.15) is 0 Å². The second-order valence-corrected chi connectivity index (χ2v) is 4.25. The normalized spacial score (nSPS) is 11.4. The Hall–Kier alpha value is -0.610. The van der Waals surface area contributed by atoms with E-state index in [4.69, 9.17) is 4.74 Å². The smallest absolute Gasteiger partial charge is 0.225 e. The molecular formula is C10H22N2O2. The summed E-state index contributed by atoms with van der Waals surface area (Å²) in [5.41, 5.74) is -0.299. The van der Waals surface area contributed by atoms with Gasteiger partial charge in [0.25, 0.3) is 0 Å². The number of ether oxygens (including phenoxy) is 1. The SMILES string of the molecule is COCCNCCNC(=O)C(C)(C)C. The first kappa shape index (κ1) is 13.4. The quantitative estimate of drug-likeness (QED) is 0.612. The third-order valence-corrected chi connectivity index (χ3v) is 1.75. The van der Waals surface area contributed by atoms with Gasteiger partial charge in [0.05, 0.1) is 6.61 Å². The summed E-state index contributed by atoms with van der Waals surface area (Å²) in [6.07, 6.45) is 0. The van der Waals surface area contributed by atoms with Crippen molar-refractivity contribution in [3.8, 4) is 0 Å². The number of nitrogens with one attached hydrogen (secondary N) is 2. The van der Waals surface area contributed by atoms with Gasteiger partial charge >= 0.3 is 0 Å². The lowest BCUT2D eigenvalue weighted by atomic mass is 9.96. The molecule has 0 fully saturated rings.